The Labute approximate surface area is 148 Å². The maximum atomic E-state index is 13.1. The van der Waals surface area contributed by atoms with Gasteiger partial charge < -0.3 is 10.0 Å². The normalized spacial score (nSPS) is 16.9. The molecule has 7 heteroatoms. The zero-order valence-corrected chi connectivity index (χ0v) is 14.7. The van der Waals surface area contributed by atoms with Crippen LogP contribution < -0.4 is 0 Å². The molecule has 25 heavy (non-hydrogen) atoms. The lowest BCUT2D eigenvalue weighted by atomic mass is 9.92. The monoisotopic (exact) mass is 355 g/mol. The van der Waals surface area contributed by atoms with E-state index in [9.17, 15) is 14.7 Å². The van der Waals surface area contributed by atoms with Gasteiger partial charge in [-0.15, -0.1) is 11.3 Å². The minimum atomic E-state index is -1.00. The number of aromatic nitrogens is 2. The molecular formula is C18H17N3O3S. The number of benzene rings is 1. The molecule has 1 aromatic carbocycles. The first-order valence-electron chi connectivity index (χ1n) is 8.02. The van der Waals surface area contributed by atoms with Crippen molar-refractivity contribution in [2.24, 2.45) is 7.05 Å². The second kappa shape index (κ2) is 5.70. The lowest BCUT2D eigenvalue weighted by Gasteiger charge is -2.34. The molecule has 0 fully saturated rings. The van der Waals surface area contributed by atoms with Gasteiger partial charge in [0.1, 0.15) is 4.83 Å². The lowest BCUT2D eigenvalue weighted by Crippen LogP contribution is -2.43. The fraction of sp³-hybridized carbons (Fsp3) is 0.278. The van der Waals surface area contributed by atoms with Crippen molar-refractivity contribution in [1.29, 1.82) is 0 Å². The van der Waals surface area contributed by atoms with Gasteiger partial charge in [0, 0.05) is 19.0 Å². The smallest absolute Gasteiger partial charge is 0.331 e. The number of hydrogen-bond donors (Lipinski definition) is 1. The van der Waals surface area contributed by atoms with Gasteiger partial charge >= 0.3 is 5.97 Å². The topological polar surface area (TPSA) is 75.4 Å². The number of nitrogens with zero attached hydrogens (tertiary/aromatic N) is 3. The zero-order valence-electron chi connectivity index (χ0n) is 13.9. The van der Waals surface area contributed by atoms with E-state index in [2.05, 4.69) is 5.10 Å². The molecule has 0 spiro atoms. The Hall–Kier alpha value is -2.67. The molecule has 2 aromatic heterocycles. The van der Waals surface area contributed by atoms with Crippen LogP contribution in [0.25, 0.3) is 10.2 Å². The Morgan fingerprint density at radius 2 is 2.08 bits per heavy atom. The number of carbonyl (C=O) groups excluding carboxylic acids is 1. The van der Waals surface area contributed by atoms with Gasteiger partial charge in [-0.3, -0.25) is 9.48 Å². The van der Waals surface area contributed by atoms with Gasteiger partial charge in [0.05, 0.1) is 10.6 Å². The van der Waals surface area contributed by atoms with Crippen LogP contribution in [0.3, 0.4) is 0 Å². The minimum Gasteiger partial charge on any atom is -0.479 e. The van der Waals surface area contributed by atoms with Crippen molar-refractivity contribution in [2.45, 2.75) is 19.4 Å². The lowest BCUT2D eigenvalue weighted by molar-refractivity contribution is -0.143. The third kappa shape index (κ3) is 2.42. The Morgan fingerprint density at radius 3 is 2.80 bits per heavy atom. The van der Waals surface area contributed by atoms with E-state index in [1.165, 1.54) is 16.2 Å². The minimum absolute atomic E-state index is 0.234. The highest BCUT2D eigenvalue weighted by atomic mass is 32.1. The van der Waals surface area contributed by atoms with E-state index >= 15 is 0 Å². The van der Waals surface area contributed by atoms with Gasteiger partial charge in [-0.1, -0.05) is 24.3 Å². The molecule has 3 heterocycles. The maximum Gasteiger partial charge on any atom is 0.331 e. The number of carboxylic acid groups (broad SMARTS) is 1. The summed E-state index contributed by atoms with van der Waals surface area (Å²) in [6.45, 7) is 2.30. The number of aliphatic carboxylic acids is 1. The van der Waals surface area contributed by atoms with Crippen LogP contribution in [-0.2, 0) is 18.3 Å². The van der Waals surface area contributed by atoms with Crippen LogP contribution in [0.5, 0.6) is 0 Å². The SMILES string of the molecule is Cc1nn(C)c2sc(C(=O)N3CCc4ccccc4C3C(=O)O)cc12. The summed E-state index contributed by atoms with van der Waals surface area (Å²) in [6, 6.07) is 8.33. The molecule has 0 aliphatic carbocycles. The number of carboxylic acids is 1. The molecule has 0 saturated heterocycles. The Kier molecular flexibility index (Phi) is 3.61. The summed E-state index contributed by atoms with van der Waals surface area (Å²) >= 11 is 1.36. The van der Waals surface area contributed by atoms with Crippen LogP contribution in [0.2, 0.25) is 0 Å². The van der Waals surface area contributed by atoms with E-state index in [1.807, 2.05) is 38.2 Å². The summed E-state index contributed by atoms with van der Waals surface area (Å²) < 4.78 is 1.76. The second-order valence-electron chi connectivity index (χ2n) is 6.23. The van der Waals surface area contributed by atoms with Crippen molar-refractivity contribution < 1.29 is 14.7 Å². The van der Waals surface area contributed by atoms with Crippen molar-refractivity contribution in [3.63, 3.8) is 0 Å². The maximum absolute atomic E-state index is 13.1. The van der Waals surface area contributed by atoms with Crippen LogP contribution in [0.1, 0.15) is 32.5 Å². The van der Waals surface area contributed by atoms with Gasteiger partial charge in [-0.05, 0) is 30.5 Å². The summed E-state index contributed by atoms with van der Waals surface area (Å²) in [4.78, 5) is 27.9. The Morgan fingerprint density at radius 1 is 1.32 bits per heavy atom. The molecule has 4 rings (SSSR count). The first-order chi connectivity index (χ1) is 12.0. The van der Waals surface area contributed by atoms with E-state index in [4.69, 9.17) is 0 Å². The number of thiophene rings is 1. The molecule has 3 aromatic rings. The first kappa shape index (κ1) is 15.8. The van der Waals surface area contributed by atoms with Gasteiger partial charge in [-0.2, -0.15) is 5.10 Å². The van der Waals surface area contributed by atoms with Crippen LogP contribution in [0, 0.1) is 6.92 Å². The van der Waals surface area contributed by atoms with Gasteiger partial charge in [0.25, 0.3) is 5.91 Å². The fourth-order valence-electron chi connectivity index (χ4n) is 3.50. The molecule has 1 amide bonds. The van der Waals surface area contributed by atoms with E-state index in [1.54, 1.807) is 10.7 Å². The molecular weight excluding hydrogens is 338 g/mol. The van der Waals surface area contributed by atoms with Crippen molar-refractivity contribution in [3.8, 4) is 0 Å². The number of aryl methyl sites for hydroxylation is 2. The highest BCUT2D eigenvalue weighted by Crippen LogP contribution is 2.34. The molecule has 1 N–H and O–H groups in total. The summed E-state index contributed by atoms with van der Waals surface area (Å²) in [7, 11) is 1.84. The highest BCUT2D eigenvalue weighted by Gasteiger charge is 2.36. The van der Waals surface area contributed by atoms with E-state index < -0.39 is 12.0 Å². The largest absolute Gasteiger partial charge is 0.479 e. The van der Waals surface area contributed by atoms with Crippen molar-refractivity contribution in [2.75, 3.05) is 6.54 Å². The summed E-state index contributed by atoms with van der Waals surface area (Å²) in [5.74, 6) is -1.23. The highest BCUT2D eigenvalue weighted by molar-refractivity contribution is 7.20. The van der Waals surface area contributed by atoms with E-state index in [-0.39, 0.29) is 5.91 Å². The van der Waals surface area contributed by atoms with Crippen LogP contribution >= 0.6 is 11.3 Å². The first-order valence-corrected chi connectivity index (χ1v) is 8.83. The molecule has 0 radical (unpaired) electrons. The molecule has 1 atom stereocenters. The van der Waals surface area contributed by atoms with Crippen molar-refractivity contribution in [3.05, 3.63) is 52.0 Å². The van der Waals surface area contributed by atoms with Gasteiger partial charge in [0.2, 0.25) is 0 Å². The fourth-order valence-corrected chi connectivity index (χ4v) is 4.58. The quantitative estimate of drug-likeness (QED) is 0.767. The number of fused-ring (bicyclic) bond motifs is 2. The van der Waals surface area contributed by atoms with Gasteiger partial charge in [-0.25, -0.2) is 4.79 Å². The van der Waals surface area contributed by atoms with Crippen LogP contribution in [0.4, 0.5) is 0 Å². The summed E-state index contributed by atoms with van der Waals surface area (Å²) in [6.07, 6.45) is 0.664. The third-order valence-electron chi connectivity index (χ3n) is 4.69. The van der Waals surface area contributed by atoms with E-state index in [0.717, 1.165) is 21.5 Å². The van der Waals surface area contributed by atoms with E-state index in [0.29, 0.717) is 23.4 Å². The number of rotatable bonds is 2. The number of amides is 1. The van der Waals surface area contributed by atoms with Crippen molar-refractivity contribution in [1.82, 2.24) is 14.7 Å². The summed E-state index contributed by atoms with van der Waals surface area (Å²) in [5, 5.41) is 15.0. The predicted octanol–water partition coefficient (Wildman–Crippen LogP) is 2.77. The number of hydrogen-bond acceptors (Lipinski definition) is 4. The van der Waals surface area contributed by atoms with Gasteiger partial charge in [0.15, 0.2) is 6.04 Å². The third-order valence-corrected chi connectivity index (χ3v) is 5.88. The summed E-state index contributed by atoms with van der Waals surface area (Å²) in [5.41, 5.74) is 2.57. The molecule has 128 valence electrons. The molecule has 1 unspecified atom stereocenters. The zero-order chi connectivity index (χ0) is 17.7. The average Bonchev–Trinajstić information content (AvgIpc) is 3.15. The molecule has 6 nitrogen and oxygen atoms in total. The average molecular weight is 355 g/mol. The molecule has 1 aliphatic heterocycles. The predicted molar refractivity (Wildman–Crippen MR) is 94.9 cm³/mol. The molecule has 0 saturated carbocycles. The van der Waals surface area contributed by atoms with Crippen LogP contribution in [-0.4, -0.2) is 38.2 Å². The van der Waals surface area contributed by atoms with Crippen LogP contribution in [0.15, 0.2) is 30.3 Å². The molecule has 0 bridgehead atoms. The standard InChI is InChI=1S/C18H17N3O3S/c1-10-13-9-14(25-17(13)20(2)19-10)16(22)21-8-7-11-5-3-4-6-12(11)15(21)18(23)24/h3-6,9,15H,7-8H2,1-2H3,(H,23,24). The second-order valence-corrected chi connectivity index (χ2v) is 7.26. The van der Waals surface area contributed by atoms with Crippen molar-refractivity contribution >= 4 is 33.4 Å². The Balaban J connectivity index is 1.75. The number of carbonyl (C=O) groups is 2. The Bertz CT molecular complexity index is 970. The molecule has 1 aliphatic rings.